The van der Waals surface area contributed by atoms with E-state index in [4.69, 9.17) is 34.9 Å². The summed E-state index contributed by atoms with van der Waals surface area (Å²) in [6.07, 6.45) is 0. The number of rotatable bonds is 8. The van der Waals surface area contributed by atoms with E-state index in [1.165, 1.54) is 142 Å². The quantitative estimate of drug-likeness (QED) is 0.149. The van der Waals surface area contributed by atoms with E-state index in [2.05, 4.69) is 359 Å². The summed E-state index contributed by atoms with van der Waals surface area (Å²) in [6, 6.07) is 145. The van der Waals surface area contributed by atoms with Crippen LogP contribution in [0.15, 0.2) is 413 Å². The fourth-order valence-corrected chi connectivity index (χ4v) is 23.5. The Kier molecular flexibility index (Phi) is 17.0. The van der Waals surface area contributed by atoms with Gasteiger partial charge in [-0.2, -0.15) is 0 Å². The fourth-order valence-electron chi connectivity index (χ4n) is 19.8. The zero-order chi connectivity index (χ0) is 84.0. The number of nitrogens with zero attached hydrogens (tertiary/aromatic N) is 10. The van der Waals surface area contributed by atoms with E-state index in [9.17, 15) is 0 Å². The van der Waals surface area contributed by atoms with Gasteiger partial charge in [0.1, 0.15) is 5.69 Å². The summed E-state index contributed by atoms with van der Waals surface area (Å²) >= 11 is 5.59. The number of thiophene rings is 3. The normalized spacial score (nSPS) is 11.9. The van der Waals surface area contributed by atoms with Crippen molar-refractivity contribution >= 4 is 214 Å². The molecule has 0 fully saturated rings. The molecule has 0 unspecified atom stereocenters. The molecule has 0 saturated heterocycles. The van der Waals surface area contributed by atoms with Crippen LogP contribution in [0.25, 0.3) is 254 Å². The third-order valence-corrected chi connectivity index (χ3v) is 28.7. The van der Waals surface area contributed by atoms with Crippen LogP contribution in [0.2, 0.25) is 0 Å². The van der Waals surface area contributed by atoms with Crippen LogP contribution < -0.4 is 0 Å². The molecular formula is C115H68N10S3. The zero-order valence-electron chi connectivity index (χ0n) is 68.5. The molecule has 9 heterocycles. The van der Waals surface area contributed by atoms with Crippen LogP contribution >= 0.6 is 34.0 Å². The largest absolute Gasteiger partial charge is 0.307 e. The molecule has 0 aliphatic carbocycles. The second-order valence-electron chi connectivity index (χ2n) is 32.3. The fraction of sp³-hybridized carbons (Fsp3) is 0. The van der Waals surface area contributed by atoms with E-state index < -0.39 is 0 Å². The zero-order valence-corrected chi connectivity index (χ0v) is 70.9. The summed E-state index contributed by atoms with van der Waals surface area (Å²) < 4.78 is 14.8. The highest BCUT2D eigenvalue weighted by atomic mass is 32.1. The van der Waals surface area contributed by atoms with Gasteiger partial charge in [0.2, 0.25) is 5.95 Å². The number of para-hydroxylation sites is 7. The van der Waals surface area contributed by atoms with E-state index >= 15 is 0 Å². The minimum Gasteiger partial charge on any atom is -0.307 e. The van der Waals surface area contributed by atoms with E-state index in [1.807, 2.05) is 101 Å². The van der Waals surface area contributed by atoms with Crippen molar-refractivity contribution in [2.45, 2.75) is 0 Å². The SMILES string of the molecule is c1ccc(-c2nc(-c3ccccc3)nc(-c3ccccc3-n3c4ccccc4c4c5ccccc5c5c6ccccc6sc5c43)n2)cc1.c1ccc(-c2nc(-n3c4ccccc4c4c5ccccc5c5c6ccccc6sc5c43)nc3ccccc23)cc1.c1ccc(-c2nc3ccccc3nc2-n2c3ccccc3c3c4ccccc4c4c5ccccc5sc4c32)cc1. The first-order valence-corrected chi connectivity index (χ1v) is 45.4. The lowest BCUT2D eigenvalue weighted by atomic mass is 9.99. The lowest BCUT2D eigenvalue weighted by Crippen LogP contribution is -2.03. The minimum atomic E-state index is 0.637. The van der Waals surface area contributed by atoms with E-state index in [-0.39, 0.29) is 0 Å². The van der Waals surface area contributed by atoms with Crippen molar-refractivity contribution in [3.63, 3.8) is 0 Å². The van der Waals surface area contributed by atoms with Crippen LogP contribution in [-0.4, -0.2) is 48.6 Å². The molecule has 9 aromatic heterocycles. The topological polar surface area (TPSA) is 105 Å². The molecule has 128 heavy (non-hydrogen) atoms. The predicted molar refractivity (Wildman–Crippen MR) is 540 cm³/mol. The Morgan fingerprint density at radius 2 is 0.500 bits per heavy atom. The highest BCUT2D eigenvalue weighted by molar-refractivity contribution is 7.28. The molecule has 0 bridgehead atoms. The first-order chi connectivity index (χ1) is 63.6. The Hall–Kier alpha value is -16.3. The molecule has 28 aromatic rings. The molecule has 596 valence electrons. The number of benzene rings is 19. The molecule has 0 amide bonds. The molecule has 19 aromatic carbocycles. The molecule has 0 saturated carbocycles. The van der Waals surface area contributed by atoms with Crippen molar-refractivity contribution in [3.05, 3.63) is 413 Å². The maximum absolute atomic E-state index is 5.34. The monoisotopic (exact) mass is 1680 g/mol. The van der Waals surface area contributed by atoms with Gasteiger partial charge in [-0.3, -0.25) is 9.13 Å². The number of aromatic nitrogens is 10. The Morgan fingerprint density at radius 3 is 0.961 bits per heavy atom. The van der Waals surface area contributed by atoms with Crippen molar-refractivity contribution in [3.8, 4) is 74.1 Å². The third-order valence-electron chi connectivity index (χ3n) is 25.2. The Balaban J connectivity index is 0.000000102. The van der Waals surface area contributed by atoms with Crippen LogP contribution in [0, 0.1) is 0 Å². The first-order valence-electron chi connectivity index (χ1n) is 42.9. The predicted octanol–water partition coefficient (Wildman–Crippen LogP) is 31.3. The second kappa shape index (κ2) is 29.7. The van der Waals surface area contributed by atoms with Gasteiger partial charge in [-0.25, -0.2) is 34.9 Å². The van der Waals surface area contributed by atoms with Gasteiger partial charge in [0.05, 0.1) is 75.1 Å². The van der Waals surface area contributed by atoms with E-state index in [0.29, 0.717) is 23.4 Å². The van der Waals surface area contributed by atoms with Crippen molar-refractivity contribution in [2.75, 3.05) is 0 Å². The van der Waals surface area contributed by atoms with Gasteiger partial charge in [0.25, 0.3) is 0 Å². The van der Waals surface area contributed by atoms with E-state index in [0.717, 1.165) is 89.2 Å². The molecule has 0 aliphatic heterocycles. The Bertz CT molecular complexity index is 9360. The molecule has 0 atom stereocenters. The van der Waals surface area contributed by atoms with Gasteiger partial charge >= 0.3 is 0 Å². The third kappa shape index (κ3) is 11.5. The van der Waals surface area contributed by atoms with Crippen LogP contribution in [0.5, 0.6) is 0 Å². The summed E-state index contributed by atoms with van der Waals surface area (Å²) in [7, 11) is 0. The summed E-state index contributed by atoms with van der Waals surface area (Å²) in [5.41, 5.74) is 17.5. The standard InChI is InChI=1S/C43H26N4S.2C36H21N3S/c1-3-15-27(16-4-1)41-44-42(28-17-5-2-6-18-28)46-43(45-41)32-22-10-13-25-35(32)47-34-24-12-9-21-31(34)37-29-19-7-8-20-30(29)38-33-23-11-14-26-36(33)48-40(38)39(37)47;1-2-12-22(13-3-1)33-36(38-28-19-9-8-18-27(28)37-33)39-29-20-10-6-16-25(29)31-23-14-4-5-15-24(23)32-26-17-7-11-21-30(26)40-35(32)34(31)39;1-2-12-22(13-3-1)33-25-16-6-9-19-28(25)37-36(38-33)39-29-20-10-7-17-26(29)31-23-14-4-5-15-24(23)32-27-18-8-11-21-30(27)40-35(32)34(31)39/h1-26H;2*1-21H. The Morgan fingerprint density at radius 1 is 0.188 bits per heavy atom. The first kappa shape index (κ1) is 73.3. The van der Waals surface area contributed by atoms with Gasteiger partial charge in [0, 0.05) is 112 Å². The maximum Gasteiger partial charge on any atom is 0.235 e. The summed E-state index contributed by atoms with van der Waals surface area (Å²) in [5.74, 6) is 3.48. The van der Waals surface area contributed by atoms with Crippen molar-refractivity contribution in [2.24, 2.45) is 0 Å². The molecule has 0 N–H and O–H groups in total. The second-order valence-corrected chi connectivity index (χ2v) is 35.5. The molecule has 0 aliphatic rings. The molecule has 28 rings (SSSR count). The lowest BCUT2D eigenvalue weighted by molar-refractivity contribution is 1.02. The summed E-state index contributed by atoms with van der Waals surface area (Å²) in [4.78, 5) is 36.3. The van der Waals surface area contributed by atoms with Crippen LogP contribution in [0.1, 0.15) is 0 Å². The van der Waals surface area contributed by atoms with Crippen LogP contribution in [0.4, 0.5) is 0 Å². The average molecular weight is 1690 g/mol. The lowest BCUT2D eigenvalue weighted by Gasteiger charge is -2.15. The number of hydrogen-bond donors (Lipinski definition) is 0. The maximum atomic E-state index is 5.34. The summed E-state index contributed by atoms with van der Waals surface area (Å²) in [5, 5.41) is 23.9. The van der Waals surface area contributed by atoms with Gasteiger partial charge in [0.15, 0.2) is 23.3 Å². The summed E-state index contributed by atoms with van der Waals surface area (Å²) in [6.45, 7) is 0. The van der Waals surface area contributed by atoms with Gasteiger partial charge in [-0.1, -0.05) is 346 Å². The highest BCUT2D eigenvalue weighted by Gasteiger charge is 2.30. The minimum absolute atomic E-state index is 0.637. The van der Waals surface area contributed by atoms with Crippen molar-refractivity contribution < 1.29 is 0 Å². The van der Waals surface area contributed by atoms with Crippen molar-refractivity contribution in [1.29, 1.82) is 0 Å². The number of hydrogen-bond acceptors (Lipinski definition) is 10. The van der Waals surface area contributed by atoms with Crippen LogP contribution in [0.3, 0.4) is 0 Å². The molecule has 0 radical (unpaired) electrons. The molecule has 13 heteroatoms. The average Bonchev–Trinajstić information content (AvgIpc) is 1.54. The molecular weight excluding hydrogens is 1620 g/mol. The van der Waals surface area contributed by atoms with E-state index in [1.54, 1.807) is 0 Å². The smallest absolute Gasteiger partial charge is 0.235 e. The number of fused-ring (bicyclic) bond motifs is 32. The van der Waals surface area contributed by atoms with Gasteiger partial charge in [-0.15, -0.1) is 34.0 Å². The molecule has 0 spiro atoms. The van der Waals surface area contributed by atoms with Gasteiger partial charge < -0.3 is 4.57 Å². The van der Waals surface area contributed by atoms with Crippen LogP contribution in [-0.2, 0) is 0 Å². The van der Waals surface area contributed by atoms with Crippen molar-refractivity contribution in [1.82, 2.24) is 48.6 Å². The van der Waals surface area contributed by atoms with Gasteiger partial charge in [-0.05, 0) is 99.0 Å². The molecule has 10 nitrogen and oxygen atoms in total. The highest BCUT2D eigenvalue weighted by Crippen LogP contribution is 2.53. The Labute approximate surface area is 743 Å².